The van der Waals surface area contributed by atoms with E-state index in [1.165, 1.54) is 29.1 Å². The normalized spacial score (nSPS) is 22.2. The smallest absolute Gasteiger partial charge is 0.0897 e. The largest absolute Gasteiger partial charge is 0.313 e. The lowest BCUT2D eigenvalue weighted by atomic mass is 10.0. The fraction of sp³-hybridized carbons (Fsp3) is 0.500. The van der Waals surface area contributed by atoms with Crippen molar-refractivity contribution in [3.05, 3.63) is 52.0 Å². The Morgan fingerprint density at radius 1 is 1.33 bits per heavy atom. The van der Waals surface area contributed by atoms with E-state index in [0.29, 0.717) is 6.04 Å². The van der Waals surface area contributed by atoms with E-state index >= 15 is 0 Å². The molecule has 3 unspecified atom stereocenters. The number of hydrogen-bond donors (Lipinski definition) is 1. The van der Waals surface area contributed by atoms with Gasteiger partial charge in [0, 0.05) is 17.8 Å². The maximum absolute atomic E-state index is 4.65. The van der Waals surface area contributed by atoms with Crippen LogP contribution in [0.1, 0.15) is 41.9 Å². The molecule has 0 saturated heterocycles. The number of rotatable bonds is 7. The molecule has 1 aliphatic carbocycles. The Bertz CT molecular complexity index is 564. The van der Waals surface area contributed by atoms with Crippen molar-refractivity contribution in [1.82, 2.24) is 10.3 Å². The molecule has 21 heavy (non-hydrogen) atoms. The van der Waals surface area contributed by atoms with Crippen LogP contribution in [0.2, 0.25) is 0 Å². The number of nitrogens with zero attached hydrogens (tertiary/aromatic N) is 1. The van der Waals surface area contributed by atoms with Crippen LogP contribution in [0.25, 0.3) is 0 Å². The molecule has 1 fully saturated rings. The molecule has 0 aliphatic heterocycles. The fourth-order valence-corrected chi connectivity index (χ4v) is 3.80. The minimum absolute atomic E-state index is 0.566. The monoisotopic (exact) mass is 300 g/mol. The molecule has 1 aliphatic rings. The van der Waals surface area contributed by atoms with Crippen molar-refractivity contribution in [3.8, 4) is 0 Å². The number of benzene rings is 1. The predicted molar refractivity (Wildman–Crippen MR) is 89.9 cm³/mol. The van der Waals surface area contributed by atoms with Gasteiger partial charge in [0.1, 0.15) is 0 Å². The summed E-state index contributed by atoms with van der Waals surface area (Å²) in [5.41, 5.74) is 2.75. The van der Waals surface area contributed by atoms with Crippen LogP contribution in [0, 0.1) is 12.8 Å². The van der Waals surface area contributed by atoms with E-state index in [9.17, 15) is 0 Å². The van der Waals surface area contributed by atoms with Gasteiger partial charge in [-0.2, -0.15) is 0 Å². The summed E-state index contributed by atoms with van der Waals surface area (Å²) in [6.07, 6.45) is 3.57. The summed E-state index contributed by atoms with van der Waals surface area (Å²) < 4.78 is 0. The molecule has 0 bridgehead atoms. The molecule has 1 heterocycles. The van der Waals surface area contributed by atoms with Gasteiger partial charge in [-0.05, 0) is 43.7 Å². The Hall–Kier alpha value is -1.19. The highest BCUT2D eigenvalue weighted by Crippen LogP contribution is 2.50. The summed E-state index contributed by atoms with van der Waals surface area (Å²) >= 11 is 1.76. The minimum Gasteiger partial charge on any atom is -0.313 e. The first-order chi connectivity index (χ1) is 10.3. The lowest BCUT2D eigenvalue weighted by molar-refractivity contribution is 0.449. The van der Waals surface area contributed by atoms with E-state index in [4.69, 9.17) is 0 Å². The summed E-state index contributed by atoms with van der Waals surface area (Å²) in [6, 6.07) is 11.5. The van der Waals surface area contributed by atoms with Crippen molar-refractivity contribution in [2.24, 2.45) is 5.92 Å². The van der Waals surface area contributed by atoms with Crippen LogP contribution in [-0.2, 0) is 6.42 Å². The maximum atomic E-state index is 4.65. The second kappa shape index (κ2) is 6.71. The Labute approximate surface area is 131 Å². The first-order valence-electron chi connectivity index (χ1n) is 7.97. The van der Waals surface area contributed by atoms with Crippen molar-refractivity contribution in [1.29, 1.82) is 0 Å². The summed E-state index contributed by atoms with van der Waals surface area (Å²) in [5.74, 6) is 1.50. The maximum Gasteiger partial charge on any atom is 0.0897 e. The van der Waals surface area contributed by atoms with Gasteiger partial charge in [0.25, 0.3) is 0 Å². The van der Waals surface area contributed by atoms with E-state index < -0.39 is 0 Å². The molecule has 112 valence electrons. The molecular formula is C18H24N2S. The standard InChI is InChI=1S/C18H24N2S/c1-3-9-19-18(10-15-12-21-13(2)20-15)17-11-16(17)14-7-5-4-6-8-14/h4-8,12,16-19H,3,9-11H2,1-2H3. The topological polar surface area (TPSA) is 24.9 Å². The third-order valence-corrected chi connectivity index (χ3v) is 5.16. The zero-order valence-corrected chi connectivity index (χ0v) is 13.7. The molecule has 2 aromatic rings. The third kappa shape index (κ3) is 3.72. The van der Waals surface area contributed by atoms with Gasteiger partial charge in [-0.3, -0.25) is 0 Å². The average molecular weight is 300 g/mol. The van der Waals surface area contributed by atoms with E-state index in [1.54, 1.807) is 11.3 Å². The second-order valence-corrected chi connectivity index (χ2v) is 7.10. The molecule has 0 spiro atoms. The number of aromatic nitrogens is 1. The lowest BCUT2D eigenvalue weighted by Gasteiger charge is -2.18. The predicted octanol–water partition coefficient (Wildman–Crippen LogP) is 4.17. The molecule has 3 heteroatoms. The Morgan fingerprint density at radius 2 is 2.14 bits per heavy atom. The average Bonchev–Trinajstić information content (AvgIpc) is 3.21. The van der Waals surface area contributed by atoms with E-state index in [0.717, 1.165) is 24.8 Å². The van der Waals surface area contributed by atoms with Crippen LogP contribution in [0.3, 0.4) is 0 Å². The Balaban J connectivity index is 1.66. The van der Waals surface area contributed by atoms with Crippen molar-refractivity contribution >= 4 is 11.3 Å². The van der Waals surface area contributed by atoms with Crippen molar-refractivity contribution in [3.63, 3.8) is 0 Å². The van der Waals surface area contributed by atoms with E-state index in [1.807, 2.05) is 0 Å². The van der Waals surface area contributed by atoms with Crippen LogP contribution in [0.15, 0.2) is 35.7 Å². The van der Waals surface area contributed by atoms with Crippen molar-refractivity contribution < 1.29 is 0 Å². The van der Waals surface area contributed by atoms with Gasteiger partial charge in [-0.1, -0.05) is 37.3 Å². The van der Waals surface area contributed by atoms with Gasteiger partial charge in [0.2, 0.25) is 0 Å². The number of nitrogens with one attached hydrogen (secondary N) is 1. The zero-order valence-electron chi connectivity index (χ0n) is 12.9. The highest BCUT2D eigenvalue weighted by Gasteiger charge is 2.43. The van der Waals surface area contributed by atoms with Gasteiger partial charge in [-0.25, -0.2) is 4.98 Å². The molecule has 0 amide bonds. The Kier molecular flexibility index (Phi) is 4.71. The zero-order chi connectivity index (χ0) is 14.7. The fourth-order valence-electron chi connectivity index (χ4n) is 3.17. The number of thiazole rings is 1. The van der Waals surface area contributed by atoms with Crippen LogP contribution in [-0.4, -0.2) is 17.6 Å². The number of aryl methyl sites for hydroxylation is 1. The molecule has 1 aromatic carbocycles. The second-order valence-electron chi connectivity index (χ2n) is 6.04. The molecule has 1 saturated carbocycles. The summed E-state index contributed by atoms with van der Waals surface area (Å²) in [5, 5.41) is 7.15. The lowest BCUT2D eigenvalue weighted by Crippen LogP contribution is -2.34. The minimum atomic E-state index is 0.566. The molecule has 3 atom stereocenters. The molecule has 1 aromatic heterocycles. The van der Waals surface area contributed by atoms with Crippen LogP contribution >= 0.6 is 11.3 Å². The van der Waals surface area contributed by atoms with Crippen LogP contribution < -0.4 is 5.32 Å². The van der Waals surface area contributed by atoms with Gasteiger partial charge in [0.15, 0.2) is 0 Å². The SMILES string of the molecule is CCCNC(Cc1csc(C)n1)C1CC1c1ccccc1. The van der Waals surface area contributed by atoms with E-state index in [2.05, 4.69) is 59.9 Å². The Morgan fingerprint density at radius 3 is 2.81 bits per heavy atom. The first-order valence-corrected chi connectivity index (χ1v) is 8.85. The van der Waals surface area contributed by atoms with Crippen LogP contribution in [0.4, 0.5) is 0 Å². The van der Waals surface area contributed by atoms with Crippen molar-refractivity contribution in [2.45, 2.75) is 45.1 Å². The molecule has 1 N–H and O–H groups in total. The first kappa shape index (κ1) is 14.7. The van der Waals surface area contributed by atoms with Gasteiger partial charge < -0.3 is 5.32 Å². The third-order valence-electron chi connectivity index (χ3n) is 4.34. The highest BCUT2D eigenvalue weighted by molar-refractivity contribution is 7.09. The van der Waals surface area contributed by atoms with Crippen molar-refractivity contribution in [2.75, 3.05) is 6.54 Å². The molecular weight excluding hydrogens is 276 g/mol. The number of hydrogen-bond acceptors (Lipinski definition) is 3. The quantitative estimate of drug-likeness (QED) is 0.830. The molecule has 0 radical (unpaired) electrons. The summed E-state index contributed by atoms with van der Waals surface area (Å²) in [7, 11) is 0. The van der Waals surface area contributed by atoms with Crippen LogP contribution in [0.5, 0.6) is 0 Å². The summed E-state index contributed by atoms with van der Waals surface area (Å²) in [6.45, 7) is 5.43. The van der Waals surface area contributed by atoms with Gasteiger partial charge in [-0.15, -0.1) is 11.3 Å². The van der Waals surface area contributed by atoms with Gasteiger partial charge >= 0.3 is 0 Å². The molecule has 2 nitrogen and oxygen atoms in total. The van der Waals surface area contributed by atoms with E-state index in [-0.39, 0.29) is 0 Å². The highest BCUT2D eigenvalue weighted by atomic mass is 32.1. The van der Waals surface area contributed by atoms with Gasteiger partial charge in [0.05, 0.1) is 10.7 Å². The summed E-state index contributed by atoms with van der Waals surface area (Å²) in [4.78, 5) is 4.65. The molecule has 3 rings (SSSR count).